The molecule has 1 fully saturated rings. The van der Waals surface area contributed by atoms with Crippen LogP contribution in [0.25, 0.3) is 0 Å². The van der Waals surface area contributed by atoms with Gasteiger partial charge in [-0.1, -0.05) is 0 Å². The maximum absolute atomic E-state index is 5.36. The van der Waals surface area contributed by atoms with Crippen LogP contribution < -0.4 is 0 Å². The highest BCUT2D eigenvalue weighted by molar-refractivity contribution is 7.99. The Morgan fingerprint density at radius 3 is 2.67 bits per heavy atom. The van der Waals surface area contributed by atoms with Crippen molar-refractivity contribution in [1.29, 1.82) is 0 Å². The van der Waals surface area contributed by atoms with E-state index in [-0.39, 0.29) is 0 Å². The third-order valence-electron chi connectivity index (χ3n) is 1.89. The first kappa shape index (κ1) is 10.7. The van der Waals surface area contributed by atoms with Gasteiger partial charge in [-0.25, -0.2) is 0 Å². The SMILES string of the molecule is SCCOCCN1CCSCC1. The lowest BCUT2D eigenvalue weighted by atomic mass is 10.5. The number of hydrogen-bond acceptors (Lipinski definition) is 4. The molecule has 0 radical (unpaired) electrons. The van der Waals surface area contributed by atoms with Crippen LogP contribution in [0, 0.1) is 0 Å². The van der Waals surface area contributed by atoms with Crippen LogP contribution in [0.15, 0.2) is 0 Å². The van der Waals surface area contributed by atoms with Crippen molar-refractivity contribution in [2.24, 2.45) is 0 Å². The number of rotatable bonds is 5. The molecule has 1 aliphatic heterocycles. The molecule has 1 heterocycles. The van der Waals surface area contributed by atoms with Crippen LogP contribution >= 0.6 is 24.4 Å². The number of hydrogen-bond donors (Lipinski definition) is 1. The molecule has 0 amide bonds. The summed E-state index contributed by atoms with van der Waals surface area (Å²) >= 11 is 6.13. The van der Waals surface area contributed by atoms with Gasteiger partial charge in [0.1, 0.15) is 0 Å². The topological polar surface area (TPSA) is 12.5 Å². The largest absolute Gasteiger partial charge is 0.379 e. The van der Waals surface area contributed by atoms with E-state index in [1.165, 1.54) is 24.6 Å². The summed E-state index contributed by atoms with van der Waals surface area (Å²) in [5, 5.41) is 0. The average Bonchev–Trinajstić information content (AvgIpc) is 2.14. The molecule has 12 heavy (non-hydrogen) atoms. The Morgan fingerprint density at radius 2 is 2.00 bits per heavy atom. The summed E-state index contributed by atoms with van der Waals surface area (Å²) in [6, 6.07) is 0. The van der Waals surface area contributed by atoms with Crippen LogP contribution in [0.3, 0.4) is 0 Å². The Hall–Kier alpha value is 0.620. The van der Waals surface area contributed by atoms with E-state index in [2.05, 4.69) is 17.5 Å². The highest BCUT2D eigenvalue weighted by Gasteiger charge is 2.08. The van der Waals surface area contributed by atoms with Gasteiger partial charge in [-0.15, -0.1) is 0 Å². The van der Waals surface area contributed by atoms with Crippen molar-refractivity contribution in [3.8, 4) is 0 Å². The van der Waals surface area contributed by atoms with E-state index < -0.39 is 0 Å². The van der Waals surface area contributed by atoms with E-state index in [9.17, 15) is 0 Å². The maximum atomic E-state index is 5.36. The summed E-state index contributed by atoms with van der Waals surface area (Å²) in [5.74, 6) is 3.40. The van der Waals surface area contributed by atoms with Crippen LogP contribution in [-0.4, -0.2) is 55.0 Å². The average molecular weight is 207 g/mol. The predicted molar refractivity (Wildman–Crippen MR) is 58.4 cm³/mol. The van der Waals surface area contributed by atoms with Crippen molar-refractivity contribution < 1.29 is 4.74 Å². The van der Waals surface area contributed by atoms with Gasteiger partial charge in [-0.05, 0) is 0 Å². The Kier molecular flexibility index (Phi) is 6.30. The Labute approximate surface area is 84.4 Å². The fraction of sp³-hybridized carbons (Fsp3) is 1.00. The zero-order chi connectivity index (χ0) is 8.65. The van der Waals surface area contributed by atoms with Crippen LogP contribution in [0.1, 0.15) is 0 Å². The van der Waals surface area contributed by atoms with Gasteiger partial charge >= 0.3 is 0 Å². The summed E-state index contributed by atoms with van der Waals surface area (Å²) in [4.78, 5) is 2.47. The van der Waals surface area contributed by atoms with Gasteiger partial charge in [-0.2, -0.15) is 24.4 Å². The molecule has 0 unspecified atom stereocenters. The van der Waals surface area contributed by atoms with Crippen LogP contribution in [-0.2, 0) is 4.74 Å². The molecule has 0 aliphatic carbocycles. The lowest BCUT2D eigenvalue weighted by Gasteiger charge is -2.25. The monoisotopic (exact) mass is 207 g/mol. The van der Waals surface area contributed by atoms with E-state index in [1.807, 2.05) is 11.8 Å². The molecule has 0 aromatic carbocycles. The second-order valence-corrected chi connectivity index (χ2v) is 4.46. The maximum Gasteiger partial charge on any atom is 0.0593 e. The van der Waals surface area contributed by atoms with Crippen LogP contribution in [0.2, 0.25) is 0 Å². The van der Waals surface area contributed by atoms with Gasteiger partial charge in [0.15, 0.2) is 0 Å². The number of thiol groups is 1. The van der Waals surface area contributed by atoms with E-state index in [0.29, 0.717) is 0 Å². The smallest absolute Gasteiger partial charge is 0.0593 e. The molecule has 0 bridgehead atoms. The zero-order valence-corrected chi connectivity index (χ0v) is 9.08. The van der Waals surface area contributed by atoms with Crippen molar-refractivity contribution in [3.63, 3.8) is 0 Å². The van der Waals surface area contributed by atoms with Crippen molar-refractivity contribution in [2.45, 2.75) is 0 Å². The molecule has 0 atom stereocenters. The van der Waals surface area contributed by atoms with Gasteiger partial charge < -0.3 is 4.74 Å². The minimum Gasteiger partial charge on any atom is -0.379 e. The predicted octanol–water partition coefficient (Wildman–Crippen LogP) is 0.982. The molecule has 0 N–H and O–H groups in total. The molecule has 1 aliphatic rings. The highest BCUT2D eigenvalue weighted by atomic mass is 32.2. The first-order valence-electron chi connectivity index (χ1n) is 4.42. The van der Waals surface area contributed by atoms with Crippen LogP contribution in [0.4, 0.5) is 0 Å². The molecule has 0 spiro atoms. The molecular weight excluding hydrogens is 190 g/mol. The molecule has 1 rings (SSSR count). The molecule has 2 nitrogen and oxygen atoms in total. The minimum absolute atomic E-state index is 0.783. The van der Waals surface area contributed by atoms with Gasteiger partial charge in [0, 0.05) is 36.9 Å². The Morgan fingerprint density at radius 1 is 1.25 bits per heavy atom. The fourth-order valence-corrected chi connectivity index (χ4v) is 2.29. The van der Waals surface area contributed by atoms with Gasteiger partial charge in [0.25, 0.3) is 0 Å². The van der Waals surface area contributed by atoms with Crippen molar-refractivity contribution in [3.05, 3.63) is 0 Å². The van der Waals surface area contributed by atoms with Crippen molar-refractivity contribution in [1.82, 2.24) is 4.90 Å². The summed E-state index contributed by atoms with van der Waals surface area (Å²) < 4.78 is 5.36. The van der Waals surface area contributed by atoms with Gasteiger partial charge in [0.05, 0.1) is 13.2 Å². The number of nitrogens with zero attached hydrogens (tertiary/aromatic N) is 1. The highest BCUT2D eigenvalue weighted by Crippen LogP contribution is 2.08. The molecule has 0 saturated carbocycles. The van der Waals surface area contributed by atoms with Crippen LogP contribution in [0.5, 0.6) is 0 Å². The third kappa shape index (κ3) is 4.60. The number of ether oxygens (including phenoxy) is 1. The standard InChI is InChI=1S/C8H17NOS2/c11-6-5-10-4-1-9-2-7-12-8-3-9/h11H,1-8H2. The first-order chi connectivity index (χ1) is 5.93. The second kappa shape index (κ2) is 7.06. The Balaban J connectivity index is 1.91. The summed E-state index contributed by atoms with van der Waals surface area (Å²) in [5.41, 5.74) is 0. The lowest BCUT2D eigenvalue weighted by Crippen LogP contribution is -2.35. The van der Waals surface area contributed by atoms with E-state index >= 15 is 0 Å². The molecule has 1 saturated heterocycles. The van der Waals surface area contributed by atoms with Crippen molar-refractivity contribution in [2.75, 3.05) is 50.1 Å². The minimum atomic E-state index is 0.783. The van der Waals surface area contributed by atoms with E-state index in [4.69, 9.17) is 4.74 Å². The molecular formula is C8H17NOS2. The third-order valence-corrected chi connectivity index (χ3v) is 3.02. The lowest BCUT2D eigenvalue weighted by molar-refractivity contribution is 0.119. The van der Waals surface area contributed by atoms with Gasteiger partial charge in [-0.3, -0.25) is 4.90 Å². The molecule has 0 aromatic heterocycles. The van der Waals surface area contributed by atoms with E-state index in [1.54, 1.807) is 0 Å². The molecule has 0 aromatic rings. The quantitative estimate of drug-likeness (QED) is 0.533. The number of thioether (sulfide) groups is 1. The summed E-state index contributed by atoms with van der Waals surface area (Å²) in [6.07, 6.45) is 0. The molecule has 4 heteroatoms. The van der Waals surface area contributed by atoms with Gasteiger partial charge in [0.2, 0.25) is 0 Å². The van der Waals surface area contributed by atoms with E-state index in [0.717, 1.165) is 25.5 Å². The Bertz CT molecular complexity index is 107. The fourth-order valence-electron chi connectivity index (χ4n) is 1.19. The normalized spacial score (nSPS) is 19.8. The summed E-state index contributed by atoms with van der Waals surface area (Å²) in [7, 11) is 0. The van der Waals surface area contributed by atoms with Crippen molar-refractivity contribution >= 4 is 24.4 Å². The second-order valence-electron chi connectivity index (χ2n) is 2.79. The first-order valence-corrected chi connectivity index (χ1v) is 6.21. The molecule has 72 valence electrons. The zero-order valence-electron chi connectivity index (χ0n) is 7.37. The summed E-state index contributed by atoms with van der Waals surface area (Å²) in [6.45, 7) is 5.20.